The third-order valence-corrected chi connectivity index (χ3v) is 2.67. The lowest BCUT2D eigenvalue weighted by atomic mass is 9.88. The number of carbonyl (C=O) groups excluding carboxylic acids is 1. The Kier molecular flexibility index (Phi) is 3.73. The van der Waals surface area contributed by atoms with E-state index < -0.39 is 5.41 Å². The SMILES string of the molecule is CCC(C)(C#N)C(=O)NCc1ccc(C)o1. The van der Waals surface area contributed by atoms with Crippen LogP contribution in [0, 0.1) is 23.7 Å². The van der Waals surface area contributed by atoms with Crippen molar-refractivity contribution in [1.82, 2.24) is 5.32 Å². The van der Waals surface area contributed by atoms with Crippen LogP contribution in [0.15, 0.2) is 16.5 Å². The first kappa shape index (κ1) is 12.3. The van der Waals surface area contributed by atoms with E-state index in [4.69, 9.17) is 9.68 Å². The van der Waals surface area contributed by atoms with Crippen LogP contribution in [0.3, 0.4) is 0 Å². The Balaban J connectivity index is 2.57. The lowest BCUT2D eigenvalue weighted by molar-refractivity contribution is -0.127. The molecule has 0 aliphatic heterocycles. The quantitative estimate of drug-likeness (QED) is 0.845. The molecule has 1 heterocycles. The maximum Gasteiger partial charge on any atom is 0.240 e. The van der Waals surface area contributed by atoms with Crippen molar-refractivity contribution in [3.63, 3.8) is 0 Å². The van der Waals surface area contributed by atoms with Crippen molar-refractivity contribution in [2.75, 3.05) is 0 Å². The number of rotatable bonds is 4. The average Bonchev–Trinajstić information content (AvgIpc) is 2.70. The molecule has 0 aliphatic rings. The van der Waals surface area contributed by atoms with Gasteiger partial charge in [0.15, 0.2) is 0 Å². The Hall–Kier alpha value is -1.76. The van der Waals surface area contributed by atoms with Gasteiger partial charge in [-0.3, -0.25) is 4.79 Å². The van der Waals surface area contributed by atoms with Crippen molar-refractivity contribution in [1.29, 1.82) is 5.26 Å². The zero-order valence-electron chi connectivity index (χ0n) is 9.83. The number of furan rings is 1. The van der Waals surface area contributed by atoms with Crippen molar-refractivity contribution in [3.8, 4) is 6.07 Å². The Morgan fingerprint density at radius 1 is 1.62 bits per heavy atom. The predicted molar refractivity (Wildman–Crippen MR) is 59.3 cm³/mol. The highest BCUT2D eigenvalue weighted by atomic mass is 16.3. The summed E-state index contributed by atoms with van der Waals surface area (Å²) in [6, 6.07) is 5.68. The lowest BCUT2D eigenvalue weighted by Gasteiger charge is -2.17. The molecule has 0 bridgehead atoms. The number of carbonyl (C=O) groups is 1. The summed E-state index contributed by atoms with van der Waals surface area (Å²) in [4.78, 5) is 11.7. The monoisotopic (exact) mass is 220 g/mol. The van der Waals surface area contributed by atoms with Gasteiger partial charge in [-0.05, 0) is 32.4 Å². The van der Waals surface area contributed by atoms with Crippen LogP contribution in [0.5, 0.6) is 0 Å². The van der Waals surface area contributed by atoms with Crippen LogP contribution in [0.1, 0.15) is 31.8 Å². The summed E-state index contributed by atoms with van der Waals surface area (Å²) in [5, 5.41) is 11.6. The molecule has 4 nitrogen and oxygen atoms in total. The molecule has 16 heavy (non-hydrogen) atoms. The summed E-state index contributed by atoms with van der Waals surface area (Å²) in [5.41, 5.74) is -0.957. The average molecular weight is 220 g/mol. The fourth-order valence-electron chi connectivity index (χ4n) is 1.23. The largest absolute Gasteiger partial charge is 0.465 e. The van der Waals surface area contributed by atoms with Crippen molar-refractivity contribution in [2.45, 2.75) is 33.7 Å². The molecule has 0 saturated heterocycles. The molecule has 0 aromatic carbocycles. The van der Waals surface area contributed by atoms with Gasteiger partial charge in [0.05, 0.1) is 12.6 Å². The van der Waals surface area contributed by atoms with Gasteiger partial charge < -0.3 is 9.73 Å². The first-order chi connectivity index (χ1) is 7.51. The molecule has 1 N–H and O–H groups in total. The Morgan fingerprint density at radius 2 is 2.31 bits per heavy atom. The molecule has 1 rings (SSSR count). The van der Waals surface area contributed by atoms with Crippen LogP contribution >= 0.6 is 0 Å². The van der Waals surface area contributed by atoms with Gasteiger partial charge in [-0.1, -0.05) is 6.92 Å². The minimum absolute atomic E-state index is 0.258. The van der Waals surface area contributed by atoms with E-state index in [0.29, 0.717) is 18.7 Å². The van der Waals surface area contributed by atoms with Gasteiger partial charge >= 0.3 is 0 Å². The van der Waals surface area contributed by atoms with E-state index in [1.807, 2.05) is 32.0 Å². The van der Waals surface area contributed by atoms with E-state index in [1.165, 1.54) is 0 Å². The van der Waals surface area contributed by atoms with Crippen molar-refractivity contribution in [3.05, 3.63) is 23.7 Å². The highest BCUT2D eigenvalue weighted by molar-refractivity contribution is 5.84. The summed E-state index contributed by atoms with van der Waals surface area (Å²) >= 11 is 0. The fraction of sp³-hybridized carbons (Fsp3) is 0.500. The summed E-state index contributed by atoms with van der Waals surface area (Å²) in [5.74, 6) is 1.25. The molecule has 1 unspecified atom stereocenters. The van der Waals surface area contributed by atoms with Crippen molar-refractivity contribution < 1.29 is 9.21 Å². The van der Waals surface area contributed by atoms with Crippen LogP contribution < -0.4 is 5.32 Å². The molecule has 0 fully saturated rings. The summed E-state index contributed by atoms with van der Waals surface area (Å²) in [7, 11) is 0. The fourth-order valence-corrected chi connectivity index (χ4v) is 1.23. The summed E-state index contributed by atoms with van der Waals surface area (Å²) in [6.45, 7) is 5.62. The van der Waals surface area contributed by atoms with Gasteiger partial charge in [0.1, 0.15) is 16.9 Å². The smallest absolute Gasteiger partial charge is 0.240 e. The van der Waals surface area contributed by atoms with Crippen LogP contribution in [-0.2, 0) is 11.3 Å². The molecular formula is C12H16N2O2. The number of nitrogens with one attached hydrogen (secondary N) is 1. The zero-order chi connectivity index (χ0) is 12.2. The molecule has 1 atom stereocenters. The second-order valence-electron chi connectivity index (χ2n) is 3.99. The molecule has 0 saturated carbocycles. The maximum atomic E-state index is 11.7. The van der Waals surface area contributed by atoms with E-state index in [9.17, 15) is 4.79 Å². The van der Waals surface area contributed by atoms with Crippen LogP contribution in [0.25, 0.3) is 0 Å². The minimum Gasteiger partial charge on any atom is -0.465 e. The second kappa shape index (κ2) is 4.84. The van der Waals surface area contributed by atoms with Crippen LogP contribution in [0.2, 0.25) is 0 Å². The molecular weight excluding hydrogens is 204 g/mol. The van der Waals surface area contributed by atoms with Gasteiger partial charge in [-0.2, -0.15) is 5.26 Å². The van der Waals surface area contributed by atoms with Gasteiger partial charge in [0.2, 0.25) is 5.91 Å². The van der Waals surface area contributed by atoms with Crippen LogP contribution in [0.4, 0.5) is 0 Å². The molecule has 0 radical (unpaired) electrons. The molecule has 1 amide bonds. The van der Waals surface area contributed by atoms with E-state index >= 15 is 0 Å². The topological polar surface area (TPSA) is 66.0 Å². The molecule has 0 spiro atoms. The second-order valence-corrected chi connectivity index (χ2v) is 3.99. The van der Waals surface area contributed by atoms with Crippen molar-refractivity contribution in [2.24, 2.45) is 5.41 Å². The Labute approximate surface area is 95.2 Å². The molecule has 4 heteroatoms. The van der Waals surface area contributed by atoms with Crippen molar-refractivity contribution >= 4 is 5.91 Å². The van der Waals surface area contributed by atoms with E-state index in [1.54, 1.807) is 6.92 Å². The Bertz CT molecular complexity index is 417. The lowest BCUT2D eigenvalue weighted by Crippen LogP contribution is -2.37. The number of nitrogens with zero attached hydrogens (tertiary/aromatic N) is 1. The number of hydrogen-bond acceptors (Lipinski definition) is 3. The molecule has 0 aliphatic carbocycles. The van der Waals surface area contributed by atoms with E-state index in [-0.39, 0.29) is 5.91 Å². The number of amides is 1. The zero-order valence-corrected chi connectivity index (χ0v) is 9.83. The van der Waals surface area contributed by atoms with Gasteiger partial charge in [0, 0.05) is 0 Å². The third-order valence-electron chi connectivity index (χ3n) is 2.67. The standard InChI is InChI=1S/C12H16N2O2/c1-4-12(3,8-13)11(15)14-7-10-6-5-9(2)16-10/h5-6H,4,7H2,1-3H3,(H,14,15). The number of aryl methyl sites for hydroxylation is 1. The summed E-state index contributed by atoms with van der Waals surface area (Å²) in [6.07, 6.45) is 0.493. The maximum absolute atomic E-state index is 11.7. The first-order valence-electron chi connectivity index (χ1n) is 5.26. The van der Waals surface area contributed by atoms with Gasteiger partial charge in [0.25, 0.3) is 0 Å². The van der Waals surface area contributed by atoms with Gasteiger partial charge in [-0.15, -0.1) is 0 Å². The first-order valence-corrected chi connectivity index (χ1v) is 5.26. The Morgan fingerprint density at radius 3 is 2.75 bits per heavy atom. The van der Waals surface area contributed by atoms with Gasteiger partial charge in [-0.25, -0.2) is 0 Å². The molecule has 1 aromatic heterocycles. The normalized spacial score (nSPS) is 13.9. The van der Waals surface area contributed by atoms with E-state index in [2.05, 4.69) is 5.32 Å². The van der Waals surface area contributed by atoms with Crippen LogP contribution in [-0.4, -0.2) is 5.91 Å². The van der Waals surface area contributed by atoms with E-state index in [0.717, 1.165) is 5.76 Å². The minimum atomic E-state index is -0.957. The highest BCUT2D eigenvalue weighted by Gasteiger charge is 2.30. The number of hydrogen-bond donors (Lipinski definition) is 1. The highest BCUT2D eigenvalue weighted by Crippen LogP contribution is 2.19. The molecule has 1 aromatic rings. The summed E-state index contributed by atoms with van der Waals surface area (Å²) < 4.78 is 5.32. The predicted octanol–water partition coefficient (Wildman–Crippen LogP) is 2.14. The number of nitriles is 1. The molecule has 86 valence electrons. The third kappa shape index (κ3) is 2.63.